The van der Waals surface area contributed by atoms with Crippen LogP contribution in [0.1, 0.15) is 25.3 Å². The van der Waals surface area contributed by atoms with Gasteiger partial charge in [-0.2, -0.15) is 9.90 Å². The number of rotatable bonds is 9. The number of amides is 1. The number of tetrazole rings is 1. The number of carbonyl (C=O) groups excluding carboxylic acids is 1. The van der Waals surface area contributed by atoms with Gasteiger partial charge in [0.25, 0.3) is 5.91 Å². The van der Waals surface area contributed by atoms with Crippen molar-refractivity contribution in [1.29, 1.82) is 0 Å². The fraction of sp³-hybridized carbons (Fsp3) is 0.250. The summed E-state index contributed by atoms with van der Waals surface area (Å²) in [7, 11) is 0. The van der Waals surface area contributed by atoms with E-state index in [9.17, 15) is 4.79 Å². The molecule has 3 rings (SSSR count). The topological polar surface area (TPSA) is 94.3 Å². The third-order valence-corrected chi connectivity index (χ3v) is 3.82. The van der Waals surface area contributed by atoms with Crippen LogP contribution >= 0.6 is 0 Å². The molecular formula is C20H22N6O2. The van der Waals surface area contributed by atoms with E-state index in [1.54, 1.807) is 6.21 Å². The van der Waals surface area contributed by atoms with Crippen LogP contribution in [0.25, 0.3) is 11.4 Å². The molecule has 1 N–H and O–H groups in total. The van der Waals surface area contributed by atoms with Crippen LogP contribution in [-0.4, -0.2) is 38.9 Å². The van der Waals surface area contributed by atoms with Gasteiger partial charge in [0, 0.05) is 5.56 Å². The average molecular weight is 378 g/mol. The second-order valence-corrected chi connectivity index (χ2v) is 6.07. The number of hydrogen-bond acceptors (Lipinski definition) is 6. The van der Waals surface area contributed by atoms with E-state index in [0.717, 1.165) is 29.7 Å². The molecule has 0 radical (unpaired) electrons. The third-order valence-electron chi connectivity index (χ3n) is 3.82. The minimum absolute atomic E-state index is 0.0681. The van der Waals surface area contributed by atoms with Crippen LogP contribution in [0, 0.1) is 0 Å². The van der Waals surface area contributed by atoms with Gasteiger partial charge in [0.2, 0.25) is 5.82 Å². The second kappa shape index (κ2) is 9.96. The van der Waals surface area contributed by atoms with Crippen LogP contribution in [0.4, 0.5) is 0 Å². The second-order valence-electron chi connectivity index (χ2n) is 6.07. The van der Waals surface area contributed by atoms with Crippen LogP contribution in [0.15, 0.2) is 59.7 Å². The standard InChI is InChI=1S/C20H22N6O2/c1-2-3-13-28-18-11-9-16(10-12-18)14-21-22-19(27)15-26-24-20(23-25-26)17-7-5-4-6-8-17/h4-12,14H,2-3,13,15H2,1H3,(H,22,27)/b21-14+. The monoisotopic (exact) mass is 378 g/mol. The summed E-state index contributed by atoms with van der Waals surface area (Å²) < 4.78 is 5.61. The molecule has 0 fully saturated rings. The molecule has 3 aromatic rings. The smallest absolute Gasteiger partial charge is 0.263 e. The van der Waals surface area contributed by atoms with Crippen LogP contribution in [-0.2, 0) is 11.3 Å². The number of nitrogens with zero attached hydrogens (tertiary/aromatic N) is 5. The molecule has 0 bridgehead atoms. The van der Waals surface area contributed by atoms with Gasteiger partial charge in [0.05, 0.1) is 12.8 Å². The number of unbranched alkanes of at least 4 members (excludes halogenated alkanes) is 1. The third kappa shape index (κ3) is 5.73. The maximum Gasteiger partial charge on any atom is 0.263 e. The van der Waals surface area contributed by atoms with Gasteiger partial charge in [-0.05, 0) is 41.5 Å². The minimum Gasteiger partial charge on any atom is -0.494 e. The number of aromatic nitrogens is 4. The number of ether oxygens (including phenoxy) is 1. The summed E-state index contributed by atoms with van der Waals surface area (Å²) in [6, 6.07) is 17.0. The lowest BCUT2D eigenvalue weighted by molar-refractivity contribution is -0.122. The van der Waals surface area contributed by atoms with Crippen molar-refractivity contribution in [2.24, 2.45) is 5.10 Å². The minimum atomic E-state index is -0.340. The first-order valence-electron chi connectivity index (χ1n) is 9.12. The lowest BCUT2D eigenvalue weighted by Crippen LogP contribution is -2.24. The molecule has 0 spiro atoms. The number of carbonyl (C=O) groups is 1. The molecule has 144 valence electrons. The molecule has 2 aromatic carbocycles. The Labute approximate surface area is 163 Å². The highest BCUT2D eigenvalue weighted by atomic mass is 16.5. The van der Waals surface area contributed by atoms with Crippen molar-refractivity contribution in [3.8, 4) is 17.1 Å². The van der Waals surface area contributed by atoms with E-state index in [4.69, 9.17) is 4.74 Å². The number of hydrogen-bond donors (Lipinski definition) is 1. The Morgan fingerprint density at radius 2 is 1.96 bits per heavy atom. The Morgan fingerprint density at radius 3 is 2.71 bits per heavy atom. The maximum atomic E-state index is 12.0. The zero-order valence-electron chi connectivity index (χ0n) is 15.7. The molecule has 0 aliphatic rings. The summed E-state index contributed by atoms with van der Waals surface area (Å²) in [5.41, 5.74) is 4.15. The molecule has 0 saturated carbocycles. The van der Waals surface area contributed by atoms with Crippen LogP contribution in [0.5, 0.6) is 5.75 Å². The summed E-state index contributed by atoms with van der Waals surface area (Å²) in [6.07, 6.45) is 3.70. The van der Waals surface area contributed by atoms with E-state index >= 15 is 0 Å². The zero-order valence-corrected chi connectivity index (χ0v) is 15.7. The van der Waals surface area contributed by atoms with Gasteiger partial charge < -0.3 is 4.74 Å². The molecule has 1 amide bonds. The average Bonchev–Trinajstić information content (AvgIpc) is 3.18. The van der Waals surface area contributed by atoms with Crippen molar-refractivity contribution in [2.45, 2.75) is 26.3 Å². The van der Waals surface area contributed by atoms with Gasteiger partial charge in [-0.25, -0.2) is 5.43 Å². The molecule has 1 heterocycles. The Bertz CT molecular complexity index is 906. The Kier molecular flexibility index (Phi) is 6.84. The van der Waals surface area contributed by atoms with Crippen molar-refractivity contribution in [3.63, 3.8) is 0 Å². The number of benzene rings is 2. The lowest BCUT2D eigenvalue weighted by Gasteiger charge is -2.04. The first-order valence-corrected chi connectivity index (χ1v) is 9.12. The van der Waals surface area contributed by atoms with Crippen molar-refractivity contribution >= 4 is 12.1 Å². The largest absolute Gasteiger partial charge is 0.494 e. The van der Waals surface area contributed by atoms with Gasteiger partial charge in [0.1, 0.15) is 12.3 Å². The van der Waals surface area contributed by atoms with Crippen molar-refractivity contribution in [2.75, 3.05) is 6.61 Å². The van der Waals surface area contributed by atoms with E-state index in [0.29, 0.717) is 12.4 Å². The van der Waals surface area contributed by atoms with E-state index in [1.807, 2.05) is 54.6 Å². The highest BCUT2D eigenvalue weighted by Crippen LogP contribution is 2.12. The van der Waals surface area contributed by atoms with Crippen LogP contribution in [0.3, 0.4) is 0 Å². The summed E-state index contributed by atoms with van der Waals surface area (Å²) in [5.74, 6) is 0.951. The summed E-state index contributed by atoms with van der Waals surface area (Å²) in [4.78, 5) is 13.2. The highest BCUT2D eigenvalue weighted by Gasteiger charge is 2.08. The fourth-order valence-corrected chi connectivity index (χ4v) is 2.34. The zero-order chi connectivity index (χ0) is 19.6. The van der Waals surface area contributed by atoms with Crippen molar-refractivity contribution in [1.82, 2.24) is 25.6 Å². The van der Waals surface area contributed by atoms with Gasteiger partial charge in [0.15, 0.2) is 0 Å². The van der Waals surface area contributed by atoms with E-state index in [1.165, 1.54) is 4.80 Å². The van der Waals surface area contributed by atoms with Gasteiger partial charge in [-0.3, -0.25) is 4.79 Å². The van der Waals surface area contributed by atoms with Crippen LogP contribution < -0.4 is 10.2 Å². The summed E-state index contributed by atoms with van der Waals surface area (Å²) >= 11 is 0. The van der Waals surface area contributed by atoms with E-state index in [2.05, 4.69) is 32.9 Å². The molecule has 28 heavy (non-hydrogen) atoms. The highest BCUT2D eigenvalue weighted by molar-refractivity contribution is 5.82. The van der Waals surface area contributed by atoms with Crippen LogP contribution in [0.2, 0.25) is 0 Å². The molecule has 8 heteroatoms. The van der Waals surface area contributed by atoms with Gasteiger partial charge in [-0.15, -0.1) is 10.2 Å². The molecular weight excluding hydrogens is 356 g/mol. The number of nitrogens with one attached hydrogen (secondary N) is 1. The SMILES string of the molecule is CCCCOc1ccc(/C=N/NC(=O)Cn2nnc(-c3ccccc3)n2)cc1. The van der Waals surface area contributed by atoms with Crippen molar-refractivity contribution < 1.29 is 9.53 Å². The molecule has 0 unspecified atom stereocenters. The van der Waals surface area contributed by atoms with Crippen molar-refractivity contribution in [3.05, 3.63) is 60.2 Å². The predicted octanol–water partition coefficient (Wildman–Crippen LogP) is 2.67. The number of hydrazone groups is 1. The van der Waals surface area contributed by atoms with E-state index in [-0.39, 0.29) is 12.5 Å². The molecule has 1 aromatic heterocycles. The predicted molar refractivity (Wildman–Crippen MR) is 106 cm³/mol. The first-order chi connectivity index (χ1) is 13.7. The van der Waals surface area contributed by atoms with E-state index < -0.39 is 0 Å². The van der Waals surface area contributed by atoms with Gasteiger partial charge in [-0.1, -0.05) is 43.7 Å². The lowest BCUT2D eigenvalue weighted by atomic mass is 10.2. The van der Waals surface area contributed by atoms with Gasteiger partial charge >= 0.3 is 0 Å². The molecule has 0 aliphatic carbocycles. The Balaban J connectivity index is 1.47. The molecule has 0 saturated heterocycles. The Morgan fingerprint density at radius 1 is 1.18 bits per heavy atom. The first kappa shape index (κ1) is 19.2. The molecule has 0 aliphatic heterocycles. The fourth-order valence-electron chi connectivity index (χ4n) is 2.34. The molecule has 0 atom stereocenters. The summed E-state index contributed by atoms with van der Waals surface area (Å²) in [5, 5.41) is 16.0. The maximum absolute atomic E-state index is 12.0. The quantitative estimate of drug-likeness (QED) is 0.351. The molecule has 8 nitrogen and oxygen atoms in total. The summed E-state index contributed by atoms with van der Waals surface area (Å²) in [6.45, 7) is 2.77. The normalized spacial score (nSPS) is 10.9. The Hall–Kier alpha value is -3.55.